The van der Waals surface area contributed by atoms with Crippen molar-refractivity contribution >= 4 is 11.5 Å². The zero-order valence-corrected chi connectivity index (χ0v) is 16.4. The molecule has 2 unspecified atom stereocenters. The minimum atomic E-state index is -4.94. The molecule has 7 nitrogen and oxygen atoms in total. The average Bonchev–Trinajstić information content (AvgIpc) is 2.59. The molecule has 3 rings (SSSR count). The number of nitrogens with zero attached hydrogens (tertiary/aromatic N) is 2. The Kier molecular flexibility index (Phi) is 6.80. The molecule has 1 aliphatic rings. The minimum absolute atomic E-state index is 0.381. The molecule has 2 aromatic rings. The molecule has 1 heterocycles. The van der Waals surface area contributed by atoms with Gasteiger partial charge in [0.2, 0.25) is 0 Å². The molecule has 0 bridgehead atoms. The first-order valence-electron chi connectivity index (χ1n) is 8.27. The Morgan fingerprint density at radius 2 is 1.44 bits per heavy atom. The molecule has 1 saturated heterocycles. The first-order valence-corrected chi connectivity index (χ1v) is 9.51. The molecule has 27 heavy (non-hydrogen) atoms. The van der Waals surface area contributed by atoms with E-state index < -0.39 is 10.2 Å². The Labute approximate surface area is 161 Å². The molecule has 0 saturated carbocycles. The summed E-state index contributed by atoms with van der Waals surface area (Å²) in [5.41, 5.74) is 2.56. The monoisotopic (exact) mass is 394 g/mol. The van der Waals surface area contributed by atoms with Gasteiger partial charge in [0, 0.05) is 0 Å². The number of methoxy groups -OCH3 is 1. The zero-order chi connectivity index (χ0) is 20.2. The van der Waals surface area contributed by atoms with Gasteiger partial charge in [-0.25, -0.2) is 23.5 Å². The van der Waals surface area contributed by atoms with Crippen molar-refractivity contribution in [2.24, 2.45) is 5.92 Å². The van der Waals surface area contributed by atoms with Crippen LogP contribution in [-0.4, -0.2) is 31.6 Å². The fourth-order valence-corrected chi connectivity index (χ4v) is 3.39. The van der Waals surface area contributed by atoms with E-state index in [4.69, 9.17) is 23.4 Å². The maximum atomic E-state index is 8.49. The van der Waals surface area contributed by atoms with Crippen LogP contribution in [0, 0.1) is 16.2 Å². The van der Waals surface area contributed by atoms with Gasteiger partial charge in [0.05, 0.1) is 21.2 Å². The van der Waals surface area contributed by atoms with E-state index in [-0.39, 0.29) is 0 Å². The maximum Gasteiger partial charge on any atom is 0.259 e. The van der Waals surface area contributed by atoms with Crippen LogP contribution in [0.5, 0.6) is 5.75 Å². The summed E-state index contributed by atoms with van der Waals surface area (Å²) in [7, 11) is 0.984. The molecule has 0 spiro atoms. The van der Waals surface area contributed by atoms with Crippen molar-refractivity contribution in [2.75, 3.05) is 26.1 Å². The van der Waals surface area contributed by atoms with E-state index in [0.29, 0.717) is 12.0 Å². The molecule has 2 atom stereocenters. The molecule has 0 aromatic heterocycles. The van der Waals surface area contributed by atoms with E-state index >= 15 is 0 Å². The summed E-state index contributed by atoms with van der Waals surface area (Å²) < 4.78 is 41.5. The second-order valence-electron chi connectivity index (χ2n) is 6.34. The highest BCUT2D eigenvalue weighted by atomic mass is 35.7. The third-order valence-corrected chi connectivity index (χ3v) is 4.36. The van der Waals surface area contributed by atoms with Crippen LogP contribution in [0.2, 0.25) is 0 Å². The molecule has 146 valence electrons. The number of benzene rings is 2. The van der Waals surface area contributed by atoms with Gasteiger partial charge in [-0.2, -0.15) is 0 Å². The Hall–Kier alpha value is -2.16. The molecule has 0 radical (unpaired) electrons. The van der Waals surface area contributed by atoms with Crippen molar-refractivity contribution in [1.82, 2.24) is 0 Å². The highest BCUT2D eigenvalue weighted by Crippen LogP contribution is 2.43. The first-order chi connectivity index (χ1) is 12.6. The third kappa shape index (κ3) is 5.41. The summed E-state index contributed by atoms with van der Waals surface area (Å²) in [6, 6.07) is 19.4. The maximum absolute atomic E-state index is 8.49. The Morgan fingerprint density at radius 1 is 0.926 bits per heavy atom. The van der Waals surface area contributed by atoms with Gasteiger partial charge in [-0.1, -0.05) is 30.3 Å². The topological polar surface area (TPSA) is 108 Å². The van der Waals surface area contributed by atoms with E-state index in [0.717, 1.165) is 5.75 Å². The minimum Gasteiger partial charge on any atom is -0.497 e. The van der Waals surface area contributed by atoms with Gasteiger partial charge in [0.15, 0.2) is 0 Å². The van der Waals surface area contributed by atoms with Crippen LogP contribution < -0.4 is 28.3 Å². The van der Waals surface area contributed by atoms with E-state index in [1.807, 2.05) is 12.1 Å². The van der Waals surface area contributed by atoms with Crippen molar-refractivity contribution in [3.63, 3.8) is 0 Å². The molecule has 0 N–H and O–H groups in total. The lowest BCUT2D eigenvalue weighted by Gasteiger charge is -2.42. The summed E-state index contributed by atoms with van der Waals surface area (Å²) in [5.74, 6) is 2.73. The molecule has 0 aliphatic carbocycles. The van der Waals surface area contributed by atoms with Crippen LogP contribution in [-0.2, 0) is 0 Å². The average molecular weight is 395 g/mol. The normalized spacial score (nSPS) is 19.0. The second-order valence-corrected chi connectivity index (χ2v) is 7.10. The van der Waals surface area contributed by atoms with Gasteiger partial charge in [0.25, 0.3) is 5.84 Å². The van der Waals surface area contributed by atoms with Crippen molar-refractivity contribution in [2.45, 2.75) is 13.0 Å². The van der Waals surface area contributed by atoms with Crippen LogP contribution in [0.3, 0.4) is 0 Å². The van der Waals surface area contributed by atoms with Gasteiger partial charge in [-0.15, -0.1) is 10.2 Å². The summed E-state index contributed by atoms with van der Waals surface area (Å²) in [6.45, 7) is 2.30. The van der Waals surface area contributed by atoms with Crippen LogP contribution in [0.4, 0.5) is 5.69 Å². The van der Waals surface area contributed by atoms with Crippen LogP contribution in [0.15, 0.2) is 54.6 Å². The molecule has 1 fully saturated rings. The molecule has 0 amide bonds. The number of rotatable bonds is 3. The highest BCUT2D eigenvalue weighted by molar-refractivity contribution is 6.03. The Bertz CT molecular complexity index is 765. The largest absolute Gasteiger partial charge is 0.497 e. The lowest BCUT2D eigenvalue weighted by atomic mass is 9.82. The lowest BCUT2D eigenvalue weighted by Crippen LogP contribution is -2.68. The summed E-state index contributed by atoms with van der Waals surface area (Å²) in [6.07, 6.45) is 0. The highest BCUT2D eigenvalue weighted by Gasteiger charge is 2.52. The van der Waals surface area contributed by atoms with Crippen LogP contribution >= 0.6 is 0 Å². The lowest BCUT2D eigenvalue weighted by molar-refractivity contribution is -2.00. The van der Waals surface area contributed by atoms with Crippen LogP contribution in [0.1, 0.15) is 18.5 Å². The first kappa shape index (κ1) is 21.1. The number of amidine groups is 1. The Morgan fingerprint density at radius 3 is 1.89 bits per heavy atom. The van der Waals surface area contributed by atoms with Gasteiger partial charge in [-0.3, -0.25) is 4.58 Å². The zero-order valence-electron chi connectivity index (χ0n) is 15.7. The SMILES string of the molecule is COc1ccc(N2C(=[N+](C)C)C(C)C2c2ccccc2)cc1.[O-][Cl+3]([O-])([O-])[O-]. The van der Waals surface area contributed by atoms with E-state index in [9.17, 15) is 0 Å². The van der Waals surface area contributed by atoms with Gasteiger partial charge >= 0.3 is 0 Å². The van der Waals surface area contributed by atoms with E-state index in [1.165, 1.54) is 17.1 Å². The number of anilines is 1. The second kappa shape index (κ2) is 8.69. The van der Waals surface area contributed by atoms with E-state index in [1.54, 1.807) is 7.11 Å². The molecular weight excluding hydrogens is 372 g/mol. The van der Waals surface area contributed by atoms with E-state index in [2.05, 4.69) is 73.0 Å². The predicted molar refractivity (Wildman–Crippen MR) is 90.9 cm³/mol. The van der Waals surface area contributed by atoms with Crippen molar-refractivity contribution in [3.8, 4) is 5.75 Å². The van der Waals surface area contributed by atoms with Crippen molar-refractivity contribution < 1.29 is 38.2 Å². The summed E-state index contributed by atoms with van der Waals surface area (Å²) >= 11 is 0. The number of hydrogen-bond donors (Lipinski definition) is 0. The summed E-state index contributed by atoms with van der Waals surface area (Å²) in [5, 5.41) is 0. The molecular formula is C19H23ClN2O5. The van der Waals surface area contributed by atoms with Gasteiger partial charge < -0.3 is 4.74 Å². The smallest absolute Gasteiger partial charge is 0.259 e. The van der Waals surface area contributed by atoms with Gasteiger partial charge in [-0.05, 0) is 36.8 Å². The number of hydrogen-bond acceptors (Lipinski definition) is 5. The summed E-state index contributed by atoms with van der Waals surface area (Å²) in [4.78, 5) is 2.42. The number of halogens is 1. The fraction of sp³-hybridized carbons (Fsp3) is 0.316. The molecule has 1 aliphatic heterocycles. The van der Waals surface area contributed by atoms with Crippen molar-refractivity contribution in [3.05, 3.63) is 60.2 Å². The van der Waals surface area contributed by atoms with Crippen molar-refractivity contribution in [1.29, 1.82) is 0 Å². The molecule has 2 aromatic carbocycles. The predicted octanol–water partition coefficient (Wildman–Crippen LogP) is -1.19. The van der Waals surface area contributed by atoms with Gasteiger partial charge in [0.1, 0.15) is 23.4 Å². The Balaban J connectivity index is 0.000000465. The van der Waals surface area contributed by atoms with Crippen LogP contribution in [0.25, 0.3) is 0 Å². The standard InChI is InChI=1S/C19H23N2O.ClHO4/c1-14-18(15-8-6-5-7-9-15)21(19(14)20(2)3)16-10-12-17(22-4)13-11-16;2-1(3,4)5/h5-14,18H,1-4H3;(H,2,3,4,5)/q+1;/p-1. The third-order valence-electron chi connectivity index (χ3n) is 4.36. The fourth-order valence-electron chi connectivity index (χ4n) is 3.39. The quantitative estimate of drug-likeness (QED) is 0.605. The number of ether oxygens (including phenoxy) is 1. The molecule has 8 heteroatoms.